The molecule has 2 aromatic rings. The maximum absolute atomic E-state index is 12.6. The highest BCUT2D eigenvalue weighted by atomic mass is 32.1. The maximum atomic E-state index is 12.6. The fourth-order valence-corrected chi connectivity index (χ4v) is 4.60. The lowest BCUT2D eigenvalue weighted by Crippen LogP contribution is -2.26. The summed E-state index contributed by atoms with van der Waals surface area (Å²) in [5, 5.41) is 6.70. The minimum atomic E-state index is -0.0912. The Morgan fingerprint density at radius 2 is 1.69 bits per heavy atom. The normalized spacial score (nSPS) is 17.5. The Kier molecular flexibility index (Phi) is 6.62. The van der Waals surface area contributed by atoms with E-state index in [9.17, 15) is 9.59 Å². The Balaban J connectivity index is 1.33. The first-order valence-electron chi connectivity index (χ1n) is 10.7. The van der Waals surface area contributed by atoms with Gasteiger partial charge in [-0.2, -0.15) is 0 Å². The molecule has 0 radical (unpaired) electrons. The second-order valence-corrected chi connectivity index (χ2v) is 9.15. The van der Waals surface area contributed by atoms with Crippen LogP contribution in [0.25, 0.3) is 0 Å². The first-order chi connectivity index (χ1) is 14.2. The maximum Gasteiger partial charge on any atom is 0.261 e. The van der Waals surface area contributed by atoms with Crippen molar-refractivity contribution in [3.63, 3.8) is 0 Å². The summed E-state index contributed by atoms with van der Waals surface area (Å²) in [5.41, 5.74) is 2.46. The molecule has 6 heteroatoms. The molecule has 154 valence electrons. The fraction of sp³-hybridized carbons (Fsp3) is 0.478. The molecule has 1 saturated carbocycles. The van der Waals surface area contributed by atoms with Crippen molar-refractivity contribution in [2.45, 2.75) is 51.6 Å². The second kappa shape index (κ2) is 9.55. The van der Waals surface area contributed by atoms with Crippen LogP contribution < -0.4 is 10.6 Å². The molecule has 1 aromatic carbocycles. The number of thiophene rings is 1. The Labute approximate surface area is 176 Å². The molecule has 0 unspecified atom stereocenters. The zero-order valence-electron chi connectivity index (χ0n) is 16.8. The second-order valence-electron chi connectivity index (χ2n) is 8.07. The van der Waals surface area contributed by atoms with Gasteiger partial charge < -0.3 is 10.6 Å². The monoisotopic (exact) mass is 411 g/mol. The number of anilines is 1. The van der Waals surface area contributed by atoms with Gasteiger partial charge in [0.25, 0.3) is 5.91 Å². The van der Waals surface area contributed by atoms with Crippen LogP contribution in [-0.2, 0) is 17.9 Å². The van der Waals surface area contributed by atoms with Gasteiger partial charge in [0.1, 0.15) is 0 Å². The quantitative estimate of drug-likeness (QED) is 0.710. The number of carbonyl (C=O) groups excluding carboxylic acids is 2. The van der Waals surface area contributed by atoms with Crippen LogP contribution in [0.15, 0.2) is 36.4 Å². The summed E-state index contributed by atoms with van der Waals surface area (Å²) in [6, 6.07) is 12.0. The number of nitrogens with zero attached hydrogens (tertiary/aromatic N) is 1. The molecule has 0 spiro atoms. The zero-order valence-corrected chi connectivity index (χ0v) is 17.6. The van der Waals surface area contributed by atoms with E-state index in [1.807, 2.05) is 12.1 Å². The van der Waals surface area contributed by atoms with E-state index in [1.165, 1.54) is 48.1 Å². The molecule has 4 rings (SSSR count). The van der Waals surface area contributed by atoms with Gasteiger partial charge in [-0.3, -0.25) is 14.5 Å². The predicted molar refractivity (Wildman–Crippen MR) is 117 cm³/mol. The summed E-state index contributed by atoms with van der Waals surface area (Å²) in [5.74, 6) is 0.142. The van der Waals surface area contributed by atoms with E-state index >= 15 is 0 Å². The lowest BCUT2D eigenvalue weighted by Gasteiger charge is -2.21. The fourth-order valence-electron chi connectivity index (χ4n) is 3.78. The molecule has 1 aromatic heterocycles. The summed E-state index contributed by atoms with van der Waals surface area (Å²) >= 11 is 1.33. The highest BCUT2D eigenvalue weighted by Crippen LogP contribution is 2.31. The van der Waals surface area contributed by atoms with Gasteiger partial charge >= 0.3 is 0 Å². The number of amides is 2. The van der Waals surface area contributed by atoms with Crippen LogP contribution in [0.1, 0.15) is 59.3 Å². The van der Waals surface area contributed by atoms with Crippen LogP contribution >= 0.6 is 11.3 Å². The lowest BCUT2D eigenvalue weighted by atomic mass is 10.1. The standard InChI is InChI=1S/C23H29N3O2S/c27-22(17-9-10-17)25-21-12-11-20(29-21)23(28)24-15-18-7-3-4-8-19(18)16-26-13-5-1-2-6-14-26/h3-4,7-8,11-12,17H,1-2,5-6,9-10,13-16H2,(H,24,28)(H,25,27). The van der Waals surface area contributed by atoms with E-state index < -0.39 is 0 Å². The van der Waals surface area contributed by atoms with Gasteiger partial charge in [-0.05, 0) is 62.0 Å². The molecular weight excluding hydrogens is 382 g/mol. The summed E-state index contributed by atoms with van der Waals surface area (Å²) in [7, 11) is 0. The number of likely N-dealkylation sites (tertiary alicyclic amines) is 1. The third-order valence-corrected chi connectivity index (χ3v) is 6.67. The number of carbonyl (C=O) groups is 2. The topological polar surface area (TPSA) is 61.4 Å². The number of nitrogens with one attached hydrogen (secondary N) is 2. The van der Waals surface area contributed by atoms with Crippen molar-refractivity contribution < 1.29 is 9.59 Å². The summed E-state index contributed by atoms with van der Waals surface area (Å²) in [4.78, 5) is 27.6. The van der Waals surface area contributed by atoms with Crippen LogP contribution in [0, 0.1) is 5.92 Å². The Morgan fingerprint density at radius 1 is 0.966 bits per heavy atom. The van der Waals surface area contributed by atoms with E-state index in [1.54, 1.807) is 6.07 Å². The van der Waals surface area contributed by atoms with Crippen LogP contribution in [0.4, 0.5) is 5.00 Å². The molecular formula is C23H29N3O2S. The number of benzene rings is 1. The van der Waals surface area contributed by atoms with Gasteiger partial charge in [-0.1, -0.05) is 37.1 Å². The van der Waals surface area contributed by atoms with Gasteiger partial charge in [0.05, 0.1) is 9.88 Å². The molecule has 0 atom stereocenters. The van der Waals surface area contributed by atoms with Crippen LogP contribution in [0.5, 0.6) is 0 Å². The summed E-state index contributed by atoms with van der Waals surface area (Å²) in [6.45, 7) is 3.78. The first kappa shape index (κ1) is 20.1. The predicted octanol–water partition coefficient (Wildman–Crippen LogP) is 4.40. The van der Waals surface area contributed by atoms with E-state index in [4.69, 9.17) is 0 Å². The highest BCUT2D eigenvalue weighted by molar-refractivity contribution is 7.18. The SMILES string of the molecule is O=C(NCc1ccccc1CN1CCCCCC1)c1ccc(NC(=O)C2CC2)s1. The summed E-state index contributed by atoms with van der Waals surface area (Å²) in [6.07, 6.45) is 7.16. The van der Waals surface area contributed by atoms with Crippen molar-refractivity contribution in [3.05, 3.63) is 52.4 Å². The number of hydrogen-bond acceptors (Lipinski definition) is 4. The average molecular weight is 412 g/mol. The number of hydrogen-bond donors (Lipinski definition) is 2. The van der Waals surface area contributed by atoms with Crippen LogP contribution in [-0.4, -0.2) is 29.8 Å². The smallest absolute Gasteiger partial charge is 0.261 e. The van der Waals surface area contributed by atoms with E-state index in [-0.39, 0.29) is 17.7 Å². The van der Waals surface area contributed by atoms with Gasteiger partial charge in [0.2, 0.25) is 5.91 Å². The molecule has 2 fully saturated rings. The van der Waals surface area contributed by atoms with Crippen molar-refractivity contribution in [1.29, 1.82) is 0 Å². The van der Waals surface area contributed by atoms with Gasteiger partial charge in [-0.15, -0.1) is 11.3 Å². The Morgan fingerprint density at radius 3 is 2.41 bits per heavy atom. The molecule has 1 aliphatic carbocycles. The molecule has 2 N–H and O–H groups in total. The van der Waals surface area contributed by atoms with Crippen molar-refractivity contribution >= 4 is 28.2 Å². The van der Waals surface area contributed by atoms with Crippen LogP contribution in [0.3, 0.4) is 0 Å². The molecule has 29 heavy (non-hydrogen) atoms. The Hall–Kier alpha value is -2.18. The Bertz CT molecular complexity index is 851. The summed E-state index contributed by atoms with van der Waals surface area (Å²) < 4.78 is 0. The van der Waals surface area contributed by atoms with Crippen molar-refractivity contribution in [1.82, 2.24) is 10.2 Å². The molecule has 2 amide bonds. The third-order valence-electron chi connectivity index (χ3n) is 5.67. The molecule has 1 saturated heterocycles. The first-order valence-corrected chi connectivity index (χ1v) is 11.5. The van der Waals surface area contributed by atoms with E-state index in [2.05, 4.69) is 33.7 Å². The third kappa shape index (κ3) is 5.67. The molecule has 5 nitrogen and oxygen atoms in total. The minimum absolute atomic E-state index is 0.0706. The molecule has 2 aliphatic rings. The molecule has 2 heterocycles. The van der Waals surface area contributed by atoms with E-state index in [0.29, 0.717) is 11.4 Å². The van der Waals surface area contributed by atoms with Gasteiger partial charge in [0.15, 0.2) is 0 Å². The highest BCUT2D eigenvalue weighted by Gasteiger charge is 2.29. The number of rotatable bonds is 7. The van der Waals surface area contributed by atoms with Gasteiger partial charge in [-0.25, -0.2) is 0 Å². The molecule has 0 bridgehead atoms. The van der Waals surface area contributed by atoms with Crippen molar-refractivity contribution in [2.24, 2.45) is 5.92 Å². The van der Waals surface area contributed by atoms with E-state index in [0.717, 1.165) is 37.5 Å². The lowest BCUT2D eigenvalue weighted by molar-refractivity contribution is -0.117. The van der Waals surface area contributed by atoms with Gasteiger partial charge in [0, 0.05) is 19.0 Å². The van der Waals surface area contributed by atoms with Crippen molar-refractivity contribution in [3.8, 4) is 0 Å². The van der Waals surface area contributed by atoms with Crippen LogP contribution in [0.2, 0.25) is 0 Å². The zero-order chi connectivity index (χ0) is 20.1. The largest absolute Gasteiger partial charge is 0.347 e. The minimum Gasteiger partial charge on any atom is -0.347 e. The van der Waals surface area contributed by atoms with Crippen molar-refractivity contribution in [2.75, 3.05) is 18.4 Å². The molecule has 1 aliphatic heterocycles. The average Bonchev–Trinajstić information content (AvgIpc) is 3.52.